The molecule has 0 saturated heterocycles. The first kappa shape index (κ1) is 17.9. The fourth-order valence-electron chi connectivity index (χ4n) is 1.98. The quantitative estimate of drug-likeness (QED) is 0.153. The molecular formula is C13H28N4O2. The van der Waals surface area contributed by atoms with E-state index in [1.165, 1.54) is 0 Å². The van der Waals surface area contributed by atoms with Crippen molar-refractivity contribution in [1.29, 1.82) is 0 Å². The van der Waals surface area contributed by atoms with Crippen molar-refractivity contribution in [3.63, 3.8) is 0 Å². The zero-order valence-electron chi connectivity index (χ0n) is 12.9. The third-order valence-corrected chi connectivity index (χ3v) is 3.55. The van der Waals surface area contributed by atoms with Crippen LogP contribution >= 0.6 is 0 Å². The summed E-state index contributed by atoms with van der Waals surface area (Å²) in [6.07, 6.45) is 0.603. The zero-order valence-corrected chi connectivity index (χ0v) is 12.9. The van der Waals surface area contributed by atoms with Crippen LogP contribution in [-0.4, -0.2) is 31.6 Å². The number of nitrogens with one attached hydrogen (secondary N) is 2. The summed E-state index contributed by atoms with van der Waals surface area (Å²) >= 11 is 0. The Hall–Kier alpha value is -1.14. The molecule has 2 atom stereocenters. The van der Waals surface area contributed by atoms with Gasteiger partial charge in [-0.2, -0.15) is 5.10 Å². The Morgan fingerprint density at radius 2 is 2.00 bits per heavy atom. The molecule has 0 heterocycles. The standard InChI is InChI=1S/C13H28N4O2/c1-9(2)11(7-16-13(4,5)19-6)10(3)12(17-14)15-8-18/h8-11,16H,7,14H2,1-6H3,(H,15,17,18)/t10?,11-/m1/s1. The number of nitrogens with two attached hydrogens (primary N) is 1. The molecular weight excluding hydrogens is 244 g/mol. The molecule has 0 spiro atoms. The van der Waals surface area contributed by atoms with E-state index in [9.17, 15) is 4.79 Å². The van der Waals surface area contributed by atoms with E-state index in [1.807, 2.05) is 20.8 Å². The molecule has 0 aliphatic rings. The lowest BCUT2D eigenvalue weighted by Crippen LogP contribution is -2.47. The highest BCUT2D eigenvalue weighted by Gasteiger charge is 2.27. The lowest BCUT2D eigenvalue weighted by Gasteiger charge is -2.32. The normalized spacial score (nSPS) is 16.3. The van der Waals surface area contributed by atoms with Crippen LogP contribution < -0.4 is 16.5 Å². The van der Waals surface area contributed by atoms with Gasteiger partial charge in [-0.15, -0.1) is 0 Å². The van der Waals surface area contributed by atoms with E-state index in [0.29, 0.717) is 18.2 Å². The van der Waals surface area contributed by atoms with Gasteiger partial charge in [0.1, 0.15) is 11.6 Å². The minimum Gasteiger partial charge on any atom is -0.364 e. The van der Waals surface area contributed by atoms with Crippen molar-refractivity contribution in [3.8, 4) is 0 Å². The number of hydrogen-bond acceptors (Lipinski definition) is 5. The third-order valence-electron chi connectivity index (χ3n) is 3.55. The van der Waals surface area contributed by atoms with Crippen LogP contribution in [0.4, 0.5) is 0 Å². The highest BCUT2D eigenvalue weighted by Crippen LogP contribution is 2.22. The summed E-state index contributed by atoms with van der Waals surface area (Å²) in [6.45, 7) is 11.0. The van der Waals surface area contributed by atoms with Gasteiger partial charge in [-0.3, -0.25) is 10.1 Å². The average Bonchev–Trinajstić information content (AvgIpc) is 2.35. The van der Waals surface area contributed by atoms with Crippen molar-refractivity contribution in [1.82, 2.24) is 10.6 Å². The minimum atomic E-state index is -0.384. The molecule has 19 heavy (non-hydrogen) atoms. The lowest BCUT2D eigenvalue weighted by molar-refractivity contribution is -0.108. The molecule has 0 aromatic heterocycles. The Balaban J connectivity index is 4.77. The Bertz CT molecular complexity index is 303. The van der Waals surface area contributed by atoms with Crippen molar-refractivity contribution in [3.05, 3.63) is 0 Å². The molecule has 0 rings (SSSR count). The third kappa shape index (κ3) is 6.02. The van der Waals surface area contributed by atoms with Crippen molar-refractivity contribution in [2.24, 2.45) is 28.7 Å². The van der Waals surface area contributed by atoms with Gasteiger partial charge in [0.15, 0.2) is 0 Å². The van der Waals surface area contributed by atoms with Gasteiger partial charge in [-0.1, -0.05) is 20.8 Å². The van der Waals surface area contributed by atoms with Crippen LogP contribution in [0.1, 0.15) is 34.6 Å². The summed E-state index contributed by atoms with van der Waals surface area (Å²) in [5.74, 6) is 6.58. The maximum absolute atomic E-state index is 10.6. The number of hydrazone groups is 1. The highest BCUT2D eigenvalue weighted by atomic mass is 16.5. The van der Waals surface area contributed by atoms with E-state index in [1.54, 1.807) is 7.11 Å². The van der Waals surface area contributed by atoms with E-state index < -0.39 is 0 Å². The van der Waals surface area contributed by atoms with Crippen LogP contribution in [-0.2, 0) is 9.53 Å². The average molecular weight is 272 g/mol. The molecule has 0 aliphatic carbocycles. The van der Waals surface area contributed by atoms with Gasteiger partial charge in [0.05, 0.1) is 0 Å². The maximum Gasteiger partial charge on any atom is 0.212 e. The number of carbonyl (C=O) groups excluding carboxylic acids is 1. The van der Waals surface area contributed by atoms with Gasteiger partial charge in [0, 0.05) is 19.6 Å². The number of methoxy groups -OCH3 is 1. The first-order valence-electron chi connectivity index (χ1n) is 6.57. The summed E-state index contributed by atoms with van der Waals surface area (Å²) < 4.78 is 5.34. The summed E-state index contributed by atoms with van der Waals surface area (Å²) in [6, 6.07) is 0. The predicted molar refractivity (Wildman–Crippen MR) is 77.4 cm³/mol. The topological polar surface area (TPSA) is 88.7 Å². The van der Waals surface area contributed by atoms with Crippen LogP contribution in [0.2, 0.25) is 0 Å². The molecule has 112 valence electrons. The van der Waals surface area contributed by atoms with E-state index in [2.05, 4.69) is 29.6 Å². The van der Waals surface area contributed by atoms with Crippen LogP contribution in [0.15, 0.2) is 5.10 Å². The highest BCUT2D eigenvalue weighted by molar-refractivity contribution is 5.92. The van der Waals surface area contributed by atoms with E-state index in [0.717, 1.165) is 6.54 Å². The zero-order chi connectivity index (χ0) is 15.1. The second kappa shape index (κ2) is 8.12. The molecule has 0 aromatic carbocycles. The van der Waals surface area contributed by atoms with Crippen molar-refractivity contribution in [2.75, 3.05) is 13.7 Å². The summed E-state index contributed by atoms with van der Waals surface area (Å²) in [4.78, 5) is 10.6. The van der Waals surface area contributed by atoms with Gasteiger partial charge >= 0.3 is 0 Å². The summed E-state index contributed by atoms with van der Waals surface area (Å²) in [5.41, 5.74) is -0.384. The molecule has 0 saturated carbocycles. The van der Waals surface area contributed by atoms with Crippen molar-refractivity contribution >= 4 is 12.2 Å². The second-order valence-electron chi connectivity index (χ2n) is 5.57. The second-order valence-corrected chi connectivity index (χ2v) is 5.57. The number of carbonyl (C=O) groups is 1. The number of hydrogen-bond donors (Lipinski definition) is 3. The lowest BCUT2D eigenvalue weighted by atomic mass is 9.83. The van der Waals surface area contributed by atoms with Gasteiger partial charge < -0.3 is 15.9 Å². The number of amidine groups is 1. The smallest absolute Gasteiger partial charge is 0.212 e. The van der Waals surface area contributed by atoms with Gasteiger partial charge in [-0.25, -0.2) is 0 Å². The molecule has 6 nitrogen and oxygen atoms in total. The number of ether oxygens (including phenoxy) is 1. The van der Waals surface area contributed by atoms with Crippen molar-refractivity contribution < 1.29 is 9.53 Å². The summed E-state index contributed by atoms with van der Waals surface area (Å²) in [7, 11) is 1.67. The van der Waals surface area contributed by atoms with Crippen molar-refractivity contribution in [2.45, 2.75) is 40.3 Å². The Morgan fingerprint density at radius 1 is 1.42 bits per heavy atom. The van der Waals surface area contributed by atoms with Crippen LogP contribution in [0.3, 0.4) is 0 Å². The van der Waals surface area contributed by atoms with Gasteiger partial charge in [0.2, 0.25) is 6.41 Å². The van der Waals surface area contributed by atoms with Gasteiger partial charge in [-0.05, 0) is 25.7 Å². The fraction of sp³-hybridized carbons (Fsp3) is 0.846. The fourth-order valence-corrected chi connectivity index (χ4v) is 1.98. The number of nitrogens with zero attached hydrogens (tertiary/aromatic N) is 1. The molecule has 0 aromatic rings. The first-order valence-corrected chi connectivity index (χ1v) is 6.57. The molecule has 0 aliphatic heterocycles. The van der Waals surface area contributed by atoms with Crippen LogP contribution in [0.25, 0.3) is 0 Å². The molecule has 1 amide bonds. The Labute approximate surface area is 116 Å². The Kier molecular flexibility index (Phi) is 7.63. The molecule has 0 radical (unpaired) electrons. The molecule has 1 unspecified atom stereocenters. The van der Waals surface area contributed by atoms with Gasteiger partial charge in [0.25, 0.3) is 0 Å². The molecule has 6 heteroatoms. The SMILES string of the molecule is COC(C)(C)NC[C@H](C(C)C)C(C)/C(=N/N)NC=O. The first-order chi connectivity index (χ1) is 8.79. The monoisotopic (exact) mass is 272 g/mol. The van der Waals surface area contributed by atoms with E-state index in [4.69, 9.17) is 10.6 Å². The molecule has 0 bridgehead atoms. The van der Waals surface area contributed by atoms with E-state index >= 15 is 0 Å². The minimum absolute atomic E-state index is 0.0513. The Morgan fingerprint density at radius 3 is 2.37 bits per heavy atom. The molecule has 0 fully saturated rings. The largest absolute Gasteiger partial charge is 0.364 e. The number of amides is 1. The summed E-state index contributed by atoms with van der Waals surface area (Å²) in [5, 5.41) is 9.58. The maximum atomic E-state index is 10.6. The van der Waals surface area contributed by atoms with E-state index in [-0.39, 0.29) is 17.6 Å². The van der Waals surface area contributed by atoms with Crippen LogP contribution in [0, 0.1) is 17.8 Å². The molecule has 4 N–H and O–H groups in total. The predicted octanol–water partition coefficient (Wildman–Crippen LogP) is 0.885. The van der Waals surface area contributed by atoms with Crippen LogP contribution in [0.5, 0.6) is 0 Å². The number of rotatable bonds is 8.